The monoisotopic (exact) mass is 366 g/mol. The zero-order chi connectivity index (χ0) is 19.3. The molecule has 0 spiro atoms. The zero-order valence-electron chi connectivity index (χ0n) is 18.6. The molecule has 0 aromatic rings. The number of carbonyl (C=O) groups excluding carboxylic acids is 1. The minimum Gasteiger partial charge on any atom is -0.300 e. The number of hydrogen-bond donors (Lipinski definition) is 0. The van der Waals surface area contributed by atoms with Gasteiger partial charge in [-0.05, 0) is 19.8 Å². The molecule has 1 unspecified atom stereocenters. The Hall–Kier alpha value is -0.330. The second kappa shape index (κ2) is 21.0. The van der Waals surface area contributed by atoms with Gasteiger partial charge in [-0.2, -0.15) is 0 Å². The standard InChI is InChI=1S/C25H50O/c1-4-6-8-10-12-14-15-17-19-21-23-25(24(3)26)22-20-18-16-13-11-9-7-5-2/h25H,4-23H2,1-3H3. The van der Waals surface area contributed by atoms with Crippen LogP contribution in [0.2, 0.25) is 0 Å². The molecule has 1 atom stereocenters. The van der Waals surface area contributed by atoms with Crippen LogP contribution in [0, 0.1) is 5.92 Å². The van der Waals surface area contributed by atoms with Gasteiger partial charge in [0.05, 0.1) is 0 Å². The van der Waals surface area contributed by atoms with Crippen LogP contribution in [0.25, 0.3) is 0 Å². The molecule has 0 aliphatic rings. The van der Waals surface area contributed by atoms with E-state index in [2.05, 4.69) is 13.8 Å². The van der Waals surface area contributed by atoms with Crippen LogP contribution in [0.15, 0.2) is 0 Å². The van der Waals surface area contributed by atoms with Crippen molar-refractivity contribution in [3.05, 3.63) is 0 Å². The Balaban J connectivity index is 3.46. The number of rotatable bonds is 21. The predicted octanol–water partition coefficient (Wildman–Crippen LogP) is 9.03. The third-order valence-electron chi connectivity index (χ3n) is 5.89. The van der Waals surface area contributed by atoms with E-state index in [0.29, 0.717) is 11.7 Å². The molecule has 0 fully saturated rings. The zero-order valence-corrected chi connectivity index (χ0v) is 18.6. The van der Waals surface area contributed by atoms with Crippen molar-refractivity contribution in [2.24, 2.45) is 5.92 Å². The highest BCUT2D eigenvalue weighted by atomic mass is 16.1. The molecule has 0 aliphatic carbocycles. The Bertz CT molecular complexity index is 284. The van der Waals surface area contributed by atoms with Crippen LogP contribution in [0.1, 0.15) is 149 Å². The largest absolute Gasteiger partial charge is 0.300 e. The molecule has 156 valence electrons. The quantitative estimate of drug-likeness (QED) is 0.185. The number of carbonyl (C=O) groups is 1. The average Bonchev–Trinajstić information content (AvgIpc) is 2.63. The second-order valence-corrected chi connectivity index (χ2v) is 8.54. The molecule has 26 heavy (non-hydrogen) atoms. The second-order valence-electron chi connectivity index (χ2n) is 8.54. The number of unbranched alkanes of at least 4 members (excludes halogenated alkanes) is 16. The van der Waals surface area contributed by atoms with Crippen molar-refractivity contribution in [1.82, 2.24) is 0 Å². The van der Waals surface area contributed by atoms with Gasteiger partial charge in [-0.1, -0.05) is 129 Å². The minimum atomic E-state index is 0.351. The average molecular weight is 367 g/mol. The molecule has 0 saturated heterocycles. The molecule has 0 saturated carbocycles. The van der Waals surface area contributed by atoms with E-state index in [1.165, 1.54) is 116 Å². The van der Waals surface area contributed by atoms with E-state index < -0.39 is 0 Å². The molecular formula is C25H50O. The predicted molar refractivity (Wildman–Crippen MR) is 118 cm³/mol. The summed E-state index contributed by atoms with van der Waals surface area (Å²) < 4.78 is 0. The van der Waals surface area contributed by atoms with Gasteiger partial charge in [-0.15, -0.1) is 0 Å². The van der Waals surface area contributed by atoms with E-state index >= 15 is 0 Å². The summed E-state index contributed by atoms with van der Waals surface area (Å²) in [4.78, 5) is 11.9. The van der Waals surface area contributed by atoms with Crippen molar-refractivity contribution >= 4 is 5.78 Å². The van der Waals surface area contributed by atoms with Crippen LogP contribution in [-0.4, -0.2) is 5.78 Å². The van der Waals surface area contributed by atoms with E-state index in [1.54, 1.807) is 0 Å². The van der Waals surface area contributed by atoms with Gasteiger partial charge < -0.3 is 0 Å². The molecule has 0 aromatic carbocycles. The van der Waals surface area contributed by atoms with Gasteiger partial charge in [-0.3, -0.25) is 4.79 Å². The summed E-state index contributed by atoms with van der Waals surface area (Å²) in [6.45, 7) is 6.37. The van der Waals surface area contributed by atoms with Crippen molar-refractivity contribution in [2.45, 2.75) is 149 Å². The smallest absolute Gasteiger partial charge is 0.132 e. The summed E-state index contributed by atoms with van der Waals surface area (Å²) >= 11 is 0. The van der Waals surface area contributed by atoms with Gasteiger partial charge in [0, 0.05) is 5.92 Å². The summed E-state index contributed by atoms with van der Waals surface area (Å²) in [5.41, 5.74) is 0. The lowest BCUT2D eigenvalue weighted by Gasteiger charge is -2.13. The van der Waals surface area contributed by atoms with Crippen molar-refractivity contribution < 1.29 is 4.79 Å². The lowest BCUT2D eigenvalue weighted by Crippen LogP contribution is -2.10. The van der Waals surface area contributed by atoms with E-state index in [9.17, 15) is 4.79 Å². The molecule has 0 radical (unpaired) electrons. The van der Waals surface area contributed by atoms with E-state index in [1.807, 2.05) is 6.92 Å². The summed E-state index contributed by atoms with van der Waals surface area (Å²) in [7, 11) is 0. The molecule has 0 amide bonds. The third kappa shape index (κ3) is 18.5. The lowest BCUT2D eigenvalue weighted by molar-refractivity contribution is -0.121. The van der Waals surface area contributed by atoms with Gasteiger partial charge in [0.15, 0.2) is 0 Å². The van der Waals surface area contributed by atoms with E-state index in [-0.39, 0.29) is 0 Å². The maximum atomic E-state index is 11.9. The fourth-order valence-corrected chi connectivity index (χ4v) is 3.95. The number of ketones is 1. The first-order valence-corrected chi connectivity index (χ1v) is 12.2. The van der Waals surface area contributed by atoms with Gasteiger partial charge in [-0.25, -0.2) is 0 Å². The van der Waals surface area contributed by atoms with Crippen LogP contribution in [0.3, 0.4) is 0 Å². The van der Waals surface area contributed by atoms with Gasteiger partial charge >= 0.3 is 0 Å². The SMILES string of the molecule is CCCCCCCCCCCCC(CCCCCCCCCC)C(C)=O. The van der Waals surface area contributed by atoms with E-state index in [0.717, 1.165) is 12.8 Å². The van der Waals surface area contributed by atoms with Crippen molar-refractivity contribution in [1.29, 1.82) is 0 Å². The summed E-state index contributed by atoms with van der Waals surface area (Å²) in [6.07, 6.45) is 27.0. The molecule has 0 bridgehead atoms. The van der Waals surface area contributed by atoms with Crippen LogP contribution >= 0.6 is 0 Å². The van der Waals surface area contributed by atoms with Gasteiger partial charge in [0.1, 0.15) is 5.78 Å². The molecule has 1 heteroatoms. The van der Waals surface area contributed by atoms with Crippen LogP contribution in [0.4, 0.5) is 0 Å². The highest BCUT2D eigenvalue weighted by molar-refractivity contribution is 5.78. The molecule has 1 nitrogen and oxygen atoms in total. The summed E-state index contributed by atoms with van der Waals surface area (Å²) in [6, 6.07) is 0. The number of hydrogen-bond acceptors (Lipinski definition) is 1. The van der Waals surface area contributed by atoms with Crippen LogP contribution in [-0.2, 0) is 4.79 Å². The van der Waals surface area contributed by atoms with Crippen molar-refractivity contribution in [3.63, 3.8) is 0 Å². The maximum Gasteiger partial charge on any atom is 0.132 e. The molecule has 0 N–H and O–H groups in total. The highest BCUT2D eigenvalue weighted by Crippen LogP contribution is 2.20. The maximum absolute atomic E-state index is 11.9. The highest BCUT2D eigenvalue weighted by Gasteiger charge is 2.13. The first-order valence-electron chi connectivity index (χ1n) is 12.2. The molecular weight excluding hydrogens is 316 g/mol. The van der Waals surface area contributed by atoms with Gasteiger partial charge in [0.25, 0.3) is 0 Å². The van der Waals surface area contributed by atoms with Gasteiger partial charge in [0.2, 0.25) is 0 Å². The van der Waals surface area contributed by atoms with Crippen molar-refractivity contribution in [3.8, 4) is 0 Å². The summed E-state index contributed by atoms with van der Waals surface area (Å²) in [5.74, 6) is 0.785. The molecule has 0 heterocycles. The third-order valence-corrected chi connectivity index (χ3v) is 5.89. The first-order chi connectivity index (χ1) is 12.7. The molecule has 0 rings (SSSR count). The Kier molecular flexibility index (Phi) is 20.7. The molecule has 0 aromatic heterocycles. The van der Waals surface area contributed by atoms with Crippen LogP contribution < -0.4 is 0 Å². The fourth-order valence-electron chi connectivity index (χ4n) is 3.95. The van der Waals surface area contributed by atoms with Crippen molar-refractivity contribution in [2.75, 3.05) is 0 Å². The van der Waals surface area contributed by atoms with E-state index in [4.69, 9.17) is 0 Å². The number of Topliss-reactive ketones (excluding diaryl/α,β-unsaturated/α-hetero) is 1. The topological polar surface area (TPSA) is 17.1 Å². The Morgan fingerprint density at radius 2 is 0.769 bits per heavy atom. The normalized spacial score (nSPS) is 12.4. The fraction of sp³-hybridized carbons (Fsp3) is 0.960. The Morgan fingerprint density at radius 3 is 1.04 bits per heavy atom. The minimum absolute atomic E-state index is 0.351. The molecule has 0 aliphatic heterocycles. The van der Waals surface area contributed by atoms with Crippen LogP contribution in [0.5, 0.6) is 0 Å². The lowest BCUT2D eigenvalue weighted by atomic mass is 9.91. The Morgan fingerprint density at radius 1 is 0.500 bits per heavy atom. The first kappa shape index (κ1) is 25.7. The summed E-state index contributed by atoms with van der Waals surface area (Å²) in [5, 5.41) is 0. The Labute approximate surface area is 166 Å².